The summed E-state index contributed by atoms with van der Waals surface area (Å²) in [6.45, 7) is 10.6. The van der Waals surface area contributed by atoms with Crippen molar-refractivity contribution in [2.45, 2.75) is 66.2 Å². The van der Waals surface area contributed by atoms with Crippen LogP contribution in [0.1, 0.15) is 66.2 Å². The van der Waals surface area contributed by atoms with Crippen LogP contribution in [-0.4, -0.2) is 13.2 Å². The van der Waals surface area contributed by atoms with E-state index in [2.05, 4.69) is 27.7 Å². The predicted octanol–water partition coefficient (Wildman–Crippen LogP) is 4.41. The molecule has 0 aromatic carbocycles. The fourth-order valence-corrected chi connectivity index (χ4v) is 0.891. The van der Waals surface area contributed by atoms with Crippen LogP contribution < -0.4 is 0 Å². The first-order valence-electron chi connectivity index (χ1n) is 5.91. The molecule has 0 aliphatic rings. The van der Waals surface area contributed by atoms with E-state index in [1.54, 1.807) is 0 Å². The number of hydrogen-bond donors (Lipinski definition) is 0. The van der Waals surface area contributed by atoms with Crippen molar-refractivity contribution in [2.75, 3.05) is 13.2 Å². The predicted molar refractivity (Wildman–Crippen MR) is 61.2 cm³/mol. The van der Waals surface area contributed by atoms with Crippen molar-refractivity contribution in [1.82, 2.24) is 0 Å². The normalized spacial score (nSPS) is 9.23. The Bertz CT molecular complexity index is 54.1. The van der Waals surface area contributed by atoms with Crippen LogP contribution in [0.3, 0.4) is 0 Å². The van der Waals surface area contributed by atoms with E-state index in [0.29, 0.717) is 0 Å². The molecule has 0 aromatic heterocycles. The van der Waals surface area contributed by atoms with Gasteiger partial charge in [0.2, 0.25) is 0 Å². The Morgan fingerprint density at radius 3 is 1.23 bits per heavy atom. The van der Waals surface area contributed by atoms with Crippen molar-refractivity contribution in [1.29, 1.82) is 0 Å². The summed E-state index contributed by atoms with van der Waals surface area (Å²) in [5.74, 6) is 0. The molecule has 13 heavy (non-hydrogen) atoms. The van der Waals surface area contributed by atoms with Crippen LogP contribution in [0.2, 0.25) is 0 Å². The Kier molecular flexibility index (Phi) is 21.2. The molecule has 0 spiro atoms. The third-order valence-electron chi connectivity index (χ3n) is 1.65. The Hall–Kier alpha value is -0.0400. The van der Waals surface area contributed by atoms with Crippen molar-refractivity contribution in [3.63, 3.8) is 0 Å². The largest absolute Gasteiger partial charge is 0.381 e. The van der Waals surface area contributed by atoms with E-state index in [1.807, 2.05) is 0 Å². The van der Waals surface area contributed by atoms with Gasteiger partial charge in [-0.05, 0) is 12.8 Å². The lowest BCUT2D eigenvalue weighted by atomic mass is 10.2. The highest BCUT2D eigenvalue weighted by Gasteiger charge is 1.78. The van der Waals surface area contributed by atoms with E-state index in [4.69, 9.17) is 4.74 Å². The maximum absolute atomic E-state index is 5.13. The molecule has 0 saturated heterocycles. The molecule has 0 atom stereocenters. The Balaban J connectivity index is 0. The van der Waals surface area contributed by atoms with Crippen LogP contribution in [0, 0.1) is 0 Å². The Morgan fingerprint density at radius 1 is 0.615 bits per heavy atom. The lowest BCUT2D eigenvalue weighted by molar-refractivity contribution is 0.135. The molecule has 1 heteroatoms. The number of rotatable bonds is 7. The quantitative estimate of drug-likeness (QED) is 0.538. The van der Waals surface area contributed by atoms with Crippen LogP contribution in [0.5, 0.6) is 0 Å². The van der Waals surface area contributed by atoms with E-state index in [0.717, 1.165) is 26.1 Å². The van der Waals surface area contributed by atoms with Crippen molar-refractivity contribution in [3.8, 4) is 0 Å². The van der Waals surface area contributed by atoms with Gasteiger partial charge in [-0.1, -0.05) is 53.4 Å². The van der Waals surface area contributed by atoms with Gasteiger partial charge in [0, 0.05) is 13.2 Å². The molecule has 0 aliphatic carbocycles. The molecule has 0 aliphatic heterocycles. The highest BCUT2D eigenvalue weighted by atomic mass is 16.5. The fourth-order valence-electron chi connectivity index (χ4n) is 0.891. The first-order valence-corrected chi connectivity index (χ1v) is 5.91. The summed E-state index contributed by atoms with van der Waals surface area (Å²) in [6, 6.07) is 0. The topological polar surface area (TPSA) is 9.23 Å². The molecule has 0 rings (SSSR count). The summed E-state index contributed by atoms with van der Waals surface area (Å²) >= 11 is 0. The first-order chi connectivity index (χ1) is 6.33. The average molecular weight is 188 g/mol. The highest BCUT2D eigenvalue weighted by molar-refractivity contribution is 4.31. The second-order valence-corrected chi connectivity index (χ2v) is 3.32. The van der Waals surface area contributed by atoms with Crippen molar-refractivity contribution in [2.24, 2.45) is 0 Å². The van der Waals surface area contributed by atoms with Gasteiger partial charge < -0.3 is 4.74 Å². The zero-order valence-corrected chi connectivity index (χ0v) is 10.1. The summed E-state index contributed by atoms with van der Waals surface area (Å²) in [5.41, 5.74) is 0. The molecule has 0 radical (unpaired) electrons. The van der Waals surface area contributed by atoms with Crippen LogP contribution in [-0.2, 0) is 4.74 Å². The van der Waals surface area contributed by atoms with Gasteiger partial charge in [-0.2, -0.15) is 0 Å². The van der Waals surface area contributed by atoms with Gasteiger partial charge in [0.1, 0.15) is 0 Å². The minimum Gasteiger partial charge on any atom is -0.381 e. The van der Waals surface area contributed by atoms with Crippen LogP contribution in [0.25, 0.3) is 0 Å². The summed E-state index contributed by atoms with van der Waals surface area (Å²) in [7, 11) is 0. The minimum atomic E-state index is 0.924. The van der Waals surface area contributed by atoms with E-state index in [9.17, 15) is 0 Å². The average Bonchev–Trinajstić information content (AvgIpc) is 2.17. The molecule has 0 fully saturated rings. The molecule has 0 N–H and O–H groups in total. The highest BCUT2D eigenvalue weighted by Crippen LogP contribution is 1.95. The Morgan fingerprint density at radius 2 is 1.00 bits per heavy atom. The van der Waals surface area contributed by atoms with Gasteiger partial charge in [0.15, 0.2) is 0 Å². The summed E-state index contributed by atoms with van der Waals surface area (Å²) in [4.78, 5) is 0. The van der Waals surface area contributed by atoms with Gasteiger partial charge >= 0.3 is 0 Å². The van der Waals surface area contributed by atoms with E-state index >= 15 is 0 Å². The van der Waals surface area contributed by atoms with E-state index in [1.165, 1.54) is 25.7 Å². The molecule has 0 unspecified atom stereocenters. The van der Waals surface area contributed by atoms with Crippen LogP contribution >= 0.6 is 0 Å². The Labute approximate surface area is 84.9 Å². The molecule has 1 nitrogen and oxygen atoms in total. The second kappa shape index (κ2) is 17.9. The van der Waals surface area contributed by atoms with Crippen molar-refractivity contribution < 1.29 is 4.74 Å². The fraction of sp³-hybridized carbons (Fsp3) is 1.00. The number of ether oxygens (including phenoxy) is 1. The van der Waals surface area contributed by atoms with Crippen LogP contribution in [0.4, 0.5) is 0 Å². The molecular weight excluding hydrogens is 160 g/mol. The van der Waals surface area contributed by atoms with Crippen molar-refractivity contribution >= 4 is 0 Å². The minimum absolute atomic E-state index is 0.924. The molecule has 0 amide bonds. The first kappa shape index (κ1) is 15.4. The lowest BCUT2D eigenvalue weighted by Crippen LogP contribution is -1.92. The summed E-state index contributed by atoms with van der Waals surface area (Å²) in [6.07, 6.45) is 7.81. The van der Waals surface area contributed by atoms with Gasteiger partial charge in [-0.3, -0.25) is 0 Å². The van der Waals surface area contributed by atoms with Gasteiger partial charge in [-0.25, -0.2) is 0 Å². The van der Waals surface area contributed by atoms with Crippen LogP contribution in [0.15, 0.2) is 0 Å². The monoisotopic (exact) mass is 188 g/mol. The second-order valence-electron chi connectivity index (χ2n) is 3.32. The molecular formula is C12H28O. The third-order valence-corrected chi connectivity index (χ3v) is 1.65. The standard InChI is InChI=1S/C6H14O.C6H14/c1-3-5-7-6-4-2;1-3-5-6-4-2/h3-6H2,1-2H3;3-6H2,1-2H3. The van der Waals surface area contributed by atoms with Gasteiger partial charge in [0.05, 0.1) is 0 Å². The van der Waals surface area contributed by atoms with E-state index in [-0.39, 0.29) is 0 Å². The molecule has 0 saturated carbocycles. The van der Waals surface area contributed by atoms with Crippen molar-refractivity contribution in [3.05, 3.63) is 0 Å². The van der Waals surface area contributed by atoms with Gasteiger partial charge in [0.25, 0.3) is 0 Å². The molecule has 0 aromatic rings. The zero-order chi connectivity index (χ0) is 10.4. The molecule has 0 bridgehead atoms. The number of unbranched alkanes of at least 4 members (excludes halogenated alkanes) is 3. The SMILES string of the molecule is CCCCCC.CCCOCCC. The lowest BCUT2D eigenvalue weighted by Gasteiger charge is -1.95. The molecule has 82 valence electrons. The number of hydrogen-bond acceptors (Lipinski definition) is 1. The molecule has 0 heterocycles. The summed E-state index contributed by atoms with van der Waals surface area (Å²) < 4.78 is 5.13. The third kappa shape index (κ3) is 24.5. The maximum atomic E-state index is 5.13. The summed E-state index contributed by atoms with van der Waals surface area (Å²) in [5, 5.41) is 0. The van der Waals surface area contributed by atoms with E-state index < -0.39 is 0 Å². The van der Waals surface area contributed by atoms with Gasteiger partial charge in [-0.15, -0.1) is 0 Å². The zero-order valence-electron chi connectivity index (χ0n) is 10.1. The smallest absolute Gasteiger partial charge is 0.0463 e. The maximum Gasteiger partial charge on any atom is 0.0463 e.